The Kier molecular flexibility index (Phi) is 8.64. The van der Waals surface area contributed by atoms with Crippen molar-refractivity contribution in [2.45, 2.75) is 20.3 Å². The predicted molar refractivity (Wildman–Crippen MR) is 107 cm³/mol. The van der Waals surface area contributed by atoms with Crippen LogP contribution < -0.4 is 10.6 Å². The SMILES string of the molecule is C=CN=C1CN(C(=O)NC(=C)/C=C\C(=C)C(C)CCNC)C/C1=C/C. The van der Waals surface area contributed by atoms with E-state index in [0.717, 1.165) is 29.8 Å². The first-order chi connectivity index (χ1) is 11.9. The third-order valence-electron chi connectivity index (χ3n) is 4.18. The molecule has 1 saturated heterocycles. The molecule has 1 fully saturated rings. The Morgan fingerprint density at radius 1 is 1.36 bits per heavy atom. The molecule has 1 rings (SSSR count). The zero-order valence-electron chi connectivity index (χ0n) is 15.6. The van der Waals surface area contributed by atoms with Gasteiger partial charge in [0.15, 0.2) is 0 Å². The van der Waals surface area contributed by atoms with E-state index in [1.54, 1.807) is 11.0 Å². The van der Waals surface area contributed by atoms with Crippen LogP contribution in [0.15, 0.2) is 66.0 Å². The number of nitrogens with one attached hydrogen (secondary N) is 2. The average molecular weight is 342 g/mol. The van der Waals surface area contributed by atoms with Crippen LogP contribution in [0.2, 0.25) is 0 Å². The second-order valence-corrected chi connectivity index (χ2v) is 6.09. The first-order valence-electron chi connectivity index (χ1n) is 8.52. The molecular weight excluding hydrogens is 312 g/mol. The van der Waals surface area contributed by atoms with Gasteiger partial charge in [0.2, 0.25) is 0 Å². The van der Waals surface area contributed by atoms with E-state index in [4.69, 9.17) is 0 Å². The summed E-state index contributed by atoms with van der Waals surface area (Å²) in [7, 11) is 1.94. The van der Waals surface area contributed by atoms with Crippen LogP contribution in [-0.2, 0) is 0 Å². The number of rotatable bonds is 8. The van der Waals surface area contributed by atoms with Gasteiger partial charge in [0.25, 0.3) is 0 Å². The van der Waals surface area contributed by atoms with Crippen molar-refractivity contribution in [3.63, 3.8) is 0 Å². The van der Waals surface area contributed by atoms with Crippen LogP contribution in [0.4, 0.5) is 4.79 Å². The number of allylic oxidation sites excluding steroid dienone is 4. The summed E-state index contributed by atoms with van der Waals surface area (Å²) in [4.78, 5) is 18.3. The summed E-state index contributed by atoms with van der Waals surface area (Å²) in [6, 6.07) is -0.183. The number of hydrogen-bond acceptors (Lipinski definition) is 3. The zero-order chi connectivity index (χ0) is 18.8. The molecule has 0 saturated carbocycles. The molecule has 0 aromatic rings. The molecule has 1 heterocycles. The van der Waals surface area contributed by atoms with E-state index in [2.05, 4.69) is 42.3 Å². The standard InChI is InChI=1S/C20H30N4O/c1-7-18-13-24(14-19(18)22-8-2)20(25)23-17(5)10-9-15(3)16(4)11-12-21-6/h7-10,16,21H,2-3,5,11-14H2,1,4,6H3,(H,23,25)/b10-9-,18-7-,22-19?. The number of urea groups is 1. The quantitative estimate of drug-likeness (QED) is 0.664. The number of carbonyl (C=O) groups excluding carboxylic acids is 1. The molecule has 0 aromatic heterocycles. The number of carbonyl (C=O) groups is 1. The Balaban J connectivity index is 2.56. The largest absolute Gasteiger partial charge is 0.322 e. The number of aliphatic imine (C=N–C) groups is 1. The summed E-state index contributed by atoms with van der Waals surface area (Å²) in [5.41, 5.74) is 3.48. The maximum atomic E-state index is 12.4. The highest BCUT2D eigenvalue weighted by atomic mass is 16.2. The number of likely N-dealkylation sites (tertiary alicyclic amines) is 1. The molecule has 0 aromatic carbocycles. The van der Waals surface area contributed by atoms with Crippen molar-refractivity contribution in [2.24, 2.45) is 10.9 Å². The topological polar surface area (TPSA) is 56.7 Å². The summed E-state index contributed by atoms with van der Waals surface area (Å²) in [5, 5.41) is 5.94. The summed E-state index contributed by atoms with van der Waals surface area (Å²) >= 11 is 0. The van der Waals surface area contributed by atoms with E-state index in [0.29, 0.717) is 24.7 Å². The number of hydrogen-bond donors (Lipinski definition) is 2. The van der Waals surface area contributed by atoms with E-state index in [9.17, 15) is 4.79 Å². The lowest BCUT2D eigenvalue weighted by atomic mass is 9.98. The maximum absolute atomic E-state index is 12.4. The van der Waals surface area contributed by atoms with Crippen molar-refractivity contribution < 1.29 is 4.79 Å². The lowest BCUT2D eigenvalue weighted by Crippen LogP contribution is -2.37. The molecule has 0 radical (unpaired) electrons. The van der Waals surface area contributed by atoms with Crippen LogP contribution in [-0.4, -0.2) is 43.3 Å². The maximum Gasteiger partial charge on any atom is 0.322 e. The van der Waals surface area contributed by atoms with Crippen molar-refractivity contribution in [3.8, 4) is 0 Å². The number of nitrogens with zero attached hydrogens (tertiary/aromatic N) is 2. The second-order valence-electron chi connectivity index (χ2n) is 6.09. The van der Waals surface area contributed by atoms with Gasteiger partial charge in [-0.3, -0.25) is 4.99 Å². The number of amides is 2. The summed E-state index contributed by atoms with van der Waals surface area (Å²) < 4.78 is 0. The van der Waals surface area contributed by atoms with E-state index in [1.165, 1.54) is 6.20 Å². The Morgan fingerprint density at radius 3 is 2.68 bits per heavy atom. The molecule has 1 unspecified atom stereocenters. The molecule has 1 aliphatic heterocycles. The zero-order valence-corrected chi connectivity index (χ0v) is 15.6. The highest BCUT2D eigenvalue weighted by Crippen LogP contribution is 2.15. The normalized spacial score (nSPS) is 18.8. The monoisotopic (exact) mass is 342 g/mol. The van der Waals surface area contributed by atoms with Gasteiger partial charge >= 0.3 is 6.03 Å². The fourth-order valence-corrected chi connectivity index (χ4v) is 2.45. The minimum atomic E-state index is -0.183. The predicted octanol–water partition coefficient (Wildman–Crippen LogP) is 3.41. The highest BCUT2D eigenvalue weighted by molar-refractivity contribution is 6.06. The van der Waals surface area contributed by atoms with Gasteiger partial charge in [-0.25, -0.2) is 4.79 Å². The first-order valence-corrected chi connectivity index (χ1v) is 8.52. The average Bonchev–Trinajstić information content (AvgIpc) is 3.01. The van der Waals surface area contributed by atoms with Crippen LogP contribution in [0.1, 0.15) is 20.3 Å². The Labute approximate surface area is 151 Å². The van der Waals surface area contributed by atoms with Crippen molar-refractivity contribution >= 4 is 11.7 Å². The minimum Gasteiger partial charge on any atom is -0.320 e. The lowest BCUT2D eigenvalue weighted by molar-refractivity contribution is 0.215. The molecule has 25 heavy (non-hydrogen) atoms. The van der Waals surface area contributed by atoms with Gasteiger partial charge in [-0.1, -0.05) is 44.4 Å². The van der Waals surface area contributed by atoms with Crippen molar-refractivity contribution in [2.75, 3.05) is 26.7 Å². The summed E-state index contributed by atoms with van der Waals surface area (Å²) in [5.74, 6) is 0.376. The van der Waals surface area contributed by atoms with Crippen molar-refractivity contribution in [1.29, 1.82) is 0 Å². The van der Waals surface area contributed by atoms with Gasteiger partial charge in [0, 0.05) is 18.4 Å². The fourth-order valence-electron chi connectivity index (χ4n) is 2.45. The molecule has 1 aliphatic rings. The Hall–Kier alpha value is -2.40. The molecule has 5 nitrogen and oxygen atoms in total. The van der Waals surface area contributed by atoms with Gasteiger partial charge in [0.05, 0.1) is 12.3 Å². The lowest BCUT2D eigenvalue weighted by Gasteiger charge is -2.16. The molecule has 2 N–H and O–H groups in total. The van der Waals surface area contributed by atoms with Crippen molar-refractivity contribution in [1.82, 2.24) is 15.5 Å². The van der Waals surface area contributed by atoms with E-state index in [1.807, 2.05) is 26.1 Å². The van der Waals surface area contributed by atoms with Gasteiger partial charge in [-0.2, -0.15) is 0 Å². The molecular formula is C20H30N4O. The smallest absolute Gasteiger partial charge is 0.320 e. The second kappa shape index (κ2) is 10.5. The summed E-state index contributed by atoms with van der Waals surface area (Å²) in [6.07, 6.45) is 8.20. The van der Waals surface area contributed by atoms with E-state index < -0.39 is 0 Å². The Morgan fingerprint density at radius 2 is 2.08 bits per heavy atom. The van der Waals surface area contributed by atoms with Crippen LogP contribution in [0, 0.1) is 5.92 Å². The van der Waals surface area contributed by atoms with Gasteiger partial charge in [-0.05, 0) is 44.5 Å². The van der Waals surface area contributed by atoms with Gasteiger partial charge in [-0.15, -0.1) is 0 Å². The molecule has 0 bridgehead atoms. The van der Waals surface area contributed by atoms with Gasteiger partial charge in [0.1, 0.15) is 0 Å². The van der Waals surface area contributed by atoms with Crippen LogP contribution in [0.25, 0.3) is 0 Å². The van der Waals surface area contributed by atoms with E-state index >= 15 is 0 Å². The third-order valence-corrected chi connectivity index (χ3v) is 4.18. The van der Waals surface area contributed by atoms with Crippen LogP contribution >= 0.6 is 0 Å². The van der Waals surface area contributed by atoms with E-state index in [-0.39, 0.29) is 6.03 Å². The first kappa shape index (κ1) is 20.6. The highest BCUT2D eigenvalue weighted by Gasteiger charge is 2.26. The van der Waals surface area contributed by atoms with Crippen LogP contribution in [0.5, 0.6) is 0 Å². The Bertz CT molecular complexity index is 613. The molecule has 2 amide bonds. The van der Waals surface area contributed by atoms with Crippen LogP contribution in [0.3, 0.4) is 0 Å². The minimum absolute atomic E-state index is 0.183. The fraction of sp³-hybridized carbons (Fsp3) is 0.400. The third kappa shape index (κ3) is 6.55. The molecule has 5 heteroatoms. The molecule has 0 aliphatic carbocycles. The van der Waals surface area contributed by atoms with Gasteiger partial charge < -0.3 is 15.5 Å². The summed E-state index contributed by atoms with van der Waals surface area (Å²) in [6.45, 7) is 17.6. The molecule has 136 valence electrons. The molecule has 1 atom stereocenters. The van der Waals surface area contributed by atoms with Crippen molar-refractivity contribution in [3.05, 3.63) is 61.0 Å². The molecule has 0 spiro atoms.